The minimum Gasteiger partial charge on any atom is -0.385 e. The number of nitrogens with one attached hydrogen (secondary N) is 1. The van der Waals surface area contributed by atoms with E-state index in [1.165, 1.54) is 0 Å². The zero-order valence-electron chi connectivity index (χ0n) is 16.5. The fourth-order valence-corrected chi connectivity index (χ4v) is 3.31. The Kier molecular flexibility index (Phi) is 5.40. The van der Waals surface area contributed by atoms with E-state index >= 15 is 0 Å². The maximum Gasteiger partial charge on any atom is 0.266 e. The van der Waals surface area contributed by atoms with Gasteiger partial charge in [0.1, 0.15) is 5.82 Å². The summed E-state index contributed by atoms with van der Waals surface area (Å²) in [7, 11) is 0. The lowest BCUT2D eigenvalue weighted by Crippen LogP contribution is -2.22. The van der Waals surface area contributed by atoms with E-state index in [9.17, 15) is 4.79 Å². The largest absolute Gasteiger partial charge is 0.385 e. The Morgan fingerprint density at radius 3 is 2.60 bits per heavy atom. The van der Waals surface area contributed by atoms with E-state index in [0.717, 1.165) is 23.5 Å². The number of anilines is 1. The number of rotatable bonds is 5. The molecule has 5 nitrogen and oxygen atoms in total. The Bertz CT molecular complexity index is 1330. The normalized spacial score (nSPS) is 10.9. The number of hydrogen-bond acceptors (Lipinski definition) is 4. The molecule has 1 aromatic heterocycles. The van der Waals surface area contributed by atoms with E-state index in [-0.39, 0.29) is 5.56 Å². The molecule has 0 fully saturated rings. The van der Waals surface area contributed by atoms with Crippen molar-refractivity contribution in [3.05, 3.63) is 100 Å². The van der Waals surface area contributed by atoms with Gasteiger partial charge in [-0.25, -0.2) is 4.98 Å². The zero-order chi connectivity index (χ0) is 20.9. The van der Waals surface area contributed by atoms with Crippen LogP contribution in [-0.4, -0.2) is 16.1 Å². The van der Waals surface area contributed by atoms with Gasteiger partial charge in [-0.1, -0.05) is 36.4 Å². The second kappa shape index (κ2) is 8.46. The molecule has 0 unspecified atom stereocenters. The lowest BCUT2D eigenvalue weighted by atomic mass is 10.1. The minimum absolute atomic E-state index is 0.117. The summed E-state index contributed by atoms with van der Waals surface area (Å²) in [6.07, 6.45) is 3.72. The second-order valence-electron chi connectivity index (χ2n) is 6.78. The summed E-state index contributed by atoms with van der Waals surface area (Å²) in [6, 6.07) is 24.5. The molecule has 146 valence electrons. The highest BCUT2D eigenvalue weighted by molar-refractivity contribution is 5.80. The third-order valence-electron chi connectivity index (χ3n) is 4.75. The van der Waals surface area contributed by atoms with Gasteiger partial charge in [0.15, 0.2) is 0 Å². The van der Waals surface area contributed by atoms with Gasteiger partial charge < -0.3 is 5.32 Å². The highest BCUT2D eigenvalue weighted by atomic mass is 16.1. The Morgan fingerprint density at radius 2 is 1.83 bits per heavy atom. The molecule has 0 saturated carbocycles. The summed E-state index contributed by atoms with van der Waals surface area (Å²) in [4.78, 5) is 18.1. The maximum atomic E-state index is 13.3. The van der Waals surface area contributed by atoms with Crippen LogP contribution in [0.15, 0.2) is 77.6 Å². The molecule has 0 spiro atoms. The Hall–Kier alpha value is -4.17. The molecular formula is C25H20N4O. The number of fused-ring (bicyclic) bond motifs is 1. The summed E-state index contributed by atoms with van der Waals surface area (Å²) in [6.45, 7) is 2.82. The number of hydrogen-bond donors (Lipinski definition) is 1. The molecule has 0 bridgehead atoms. The summed E-state index contributed by atoms with van der Waals surface area (Å²) in [5.74, 6) is 0.539. The van der Waals surface area contributed by atoms with Gasteiger partial charge in [-0.05, 0) is 61.0 Å². The van der Waals surface area contributed by atoms with Crippen molar-refractivity contribution in [1.82, 2.24) is 9.55 Å². The number of benzene rings is 3. The van der Waals surface area contributed by atoms with Crippen LogP contribution in [0.5, 0.6) is 0 Å². The molecule has 0 amide bonds. The first-order valence-electron chi connectivity index (χ1n) is 9.74. The minimum atomic E-state index is -0.117. The Labute approximate surface area is 174 Å². The van der Waals surface area contributed by atoms with E-state index in [0.29, 0.717) is 22.3 Å². The van der Waals surface area contributed by atoms with Crippen molar-refractivity contribution in [3.8, 4) is 11.8 Å². The van der Waals surface area contributed by atoms with Crippen LogP contribution in [-0.2, 0) is 0 Å². The van der Waals surface area contributed by atoms with Crippen LogP contribution in [0.4, 0.5) is 5.69 Å². The maximum absolute atomic E-state index is 13.3. The highest BCUT2D eigenvalue weighted by Crippen LogP contribution is 2.18. The van der Waals surface area contributed by atoms with Gasteiger partial charge in [-0.2, -0.15) is 5.26 Å². The summed E-state index contributed by atoms with van der Waals surface area (Å²) in [5.41, 5.74) is 3.75. The topological polar surface area (TPSA) is 70.7 Å². The van der Waals surface area contributed by atoms with Crippen LogP contribution in [0.3, 0.4) is 0 Å². The highest BCUT2D eigenvalue weighted by Gasteiger charge is 2.11. The molecule has 0 aliphatic heterocycles. The van der Waals surface area contributed by atoms with Gasteiger partial charge in [-0.15, -0.1) is 0 Å². The molecule has 1 N–H and O–H groups in total. The number of para-hydroxylation sites is 1. The molecule has 30 heavy (non-hydrogen) atoms. The molecule has 0 aliphatic rings. The molecule has 4 aromatic rings. The molecular weight excluding hydrogens is 372 g/mol. The van der Waals surface area contributed by atoms with Gasteiger partial charge in [0.05, 0.1) is 28.2 Å². The van der Waals surface area contributed by atoms with E-state index < -0.39 is 0 Å². The van der Waals surface area contributed by atoms with E-state index in [4.69, 9.17) is 10.2 Å². The monoisotopic (exact) mass is 392 g/mol. The fraction of sp³-hybridized carbons (Fsp3) is 0.0800. The third kappa shape index (κ3) is 3.85. The van der Waals surface area contributed by atoms with Crippen LogP contribution >= 0.6 is 0 Å². The third-order valence-corrected chi connectivity index (χ3v) is 4.75. The number of nitriles is 1. The van der Waals surface area contributed by atoms with Crippen molar-refractivity contribution in [2.45, 2.75) is 6.92 Å². The second-order valence-corrected chi connectivity index (χ2v) is 6.78. The van der Waals surface area contributed by atoms with Crippen molar-refractivity contribution in [3.63, 3.8) is 0 Å². The molecule has 0 radical (unpaired) electrons. The molecule has 5 heteroatoms. The van der Waals surface area contributed by atoms with Gasteiger partial charge in [0.2, 0.25) is 0 Å². The van der Waals surface area contributed by atoms with Crippen molar-refractivity contribution >= 4 is 28.7 Å². The van der Waals surface area contributed by atoms with E-state index in [2.05, 4.69) is 11.4 Å². The molecule has 3 aromatic carbocycles. The average Bonchev–Trinajstić information content (AvgIpc) is 2.78. The number of aromatic nitrogens is 2. The quantitative estimate of drug-likeness (QED) is 0.527. The van der Waals surface area contributed by atoms with E-state index in [1.807, 2.05) is 73.7 Å². The standard InChI is InChI=1S/C25H20N4O/c1-2-27-20-6-5-7-21(16-20)29-24(15-14-18-10-12-19(17-26)13-11-18)28-23-9-4-3-8-22(23)25(29)30/h3-16,27H,2H2,1H3/b15-14+. The van der Waals surface area contributed by atoms with Crippen LogP contribution in [0, 0.1) is 11.3 Å². The predicted octanol–water partition coefficient (Wildman–Crippen LogP) is 4.86. The van der Waals surface area contributed by atoms with Crippen molar-refractivity contribution in [2.75, 3.05) is 11.9 Å². The van der Waals surface area contributed by atoms with Crippen LogP contribution in [0.25, 0.3) is 28.7 Å². The summed E-state index contributed by atoms with van der Waals surface area (Å²) in [5, 5.41) is 12.8. The molecule has 1 heterocycles. The lowest BCUT2D eigenvalue weighted by molar-refractivity contribution is 0.943. The predicted molar refractivity (Wildman–Crippen MR) is 122 cm³/mol. The first-order chi connectivity index (χ1) is 14.7. The van der Waals surface area contributed by atoms with Gasteiger partial charge in [0, 0.05) is 12.2 Å². The SMILES string of the molecule is CCNc1cccc(-n2c(/C=C/c3ccc(C#N)cc3)nc3ccccc3c2=O)c1. The smallest absolute Gasteiger partial charge is 0.266 e. The van der Waals surface area contributed by atoms with Crippen LogP contribution in [0.2, 0.25) is 0 Å². The van der Waals surface area contributed by atoms with Gasteiger partial charge in [-0.3, -0.25) is 9.36 Å². The first kappa shape index (κ1) is 19.2. The lowest BCUT2D eigenvalue weighted by Gasteiger charge is -2.13. The average molecular weight is 392 g/mol. The molecule has 0 aliphatic carbocycles. The number of nitrogens with zero attached hydrogens (tertiary/aromatic N) is 3. The summed E-state index contributed by atoms with van der Waals surface area (Å²) >= 11 is 0. The van der Waals surface area contributed by atoms with Gasteiger partial charge in [0.25, 0.3) is 5.56 Å². The van der Waals surface area contributed by atoms with Crippen molar-refractivity contribution in [1.29, 1.82) is 5.26 Å². The molecule has 0 atom stereocenters. The molecule has 0 saturated heterocycles. The first-order valence-corrected chi connectivity index (χ1v) is 9.74. The van der Waals surface area contributed by atoms with Gasteiger partial charge >= 0.3 is 0 Å². The zero-order valence-corrected chi connectivity index (χ0v) is 16.5. The van der Waals surface area contributed by atoms with Crippen LogP contribution in [0.1, 0.15) is 23.9 Å². The van der Waals surface area contributed by atoms with Crippen LogP contribution < -0.4 is 10.9 Å². The van der Waals surface area contributed by atoms with Crippen molar-refractivity contribution < 1.29 is 0 Å². The fourth-order valence-electron chi connectivity index (χ4n) is 3.31. The summed E-state index contributed by atoms with van der Waals surface area (Å²) < 4.78 is 1.63. The van der Waals surface area contributed by atoms with E-state index in [1.54, 1.807) is 22.8 Å². The van der Waals surface area contributed by atoms with Crippen molar-refractivity contribution in [2.24, 2.45) is 0 Å². The Balaban J connectivity index is 1.88. The Morgan fingerprint density at radius 1 is 1.03 bits per heavy atom. The molecule has 4 rings (SSSR count).